The highest BCUT2D eigenvalue weighted by Gasteiger charge is 2.21. The second-order valence-corrected chi connectivity index (χ2v) is 9.56. The minimum absolute atomic E-state index is 0.164. The Bertz CT molecular complexity index is 1910. The van der Waals surface area contributed by atoms with Crippen molar-refractivity contribution >= 4 is 43.1 Å². The van der Waals surface area contributed by atoms with Gasteiger partial charge in [-0.3, -0.25) is 28.3 Å². The van der Waals surface area contributed by atoms with Gasteiger partial charge in [0.15, 0.2) is 0 Å². The molecule has 5 aromatic rings. The van der Waals surface area contributed by atoms with E-state index in [4.69, 9.17) is 0 Å². The van der Waals surface area contributed by atoms with Crippen LogP contribution in [0.2, 0.25) is 0 Å². The number of nitriles is 2. The summed E-state index contributed by atoms with van der Waals surface area (Å²) in [6.07, 6.45) is 6.13. The quantitative estimate of drug-likeness (QED) is 0.251. The van der Waals surface area contributed by atoms with Gasteiger partial charge in [-0.2, -0.15) is 10.5 Å². The summed E-state index contributed by atoms with van der Waals surface area (Å²) < 4.78 is 2.23. The summed E-state index contributed by atoms with van der Waals surface area (Å²) in [5, 5.41) is 22.3. The number of hydrogen-bond acceptors (Lipinski definition) is 6. The standard InChI is InChI=1S/C29H24N4O4/c1-3-4-5-6-7-8-9-33-28(36)22-12-18-19(13-23(22)29(33)37)25(15-31)17-11-21-20(10-16(17)24(18)14-30)26(34)32(2)27(21)35/h10-13H,3-9H2,1-2H3. The zero-order valence-electron chi connectivity index (χ0n) is 20.7. The first-order chi connectivity index (χ1) is 17.8. The second kappa shape index (κ2) is 9.15. The van der Waals surface area contributed by atoms with Crippen molar-refractivity contribution < 1.29 is 0 Å². The van der Waals surface area contributed by atoms with Crippen molar-refractivity contribution in [3.05, 3.63) is 76.8 Å². The maximum atomic E-state index is 13.2. The lowest BCUT2D eigenvalue weighted by Gasteiger charge is -2.09. The van der Waals surface area contributed by atoms with Crippen molar-refractivity contribution in [3.8, 4) is 12.1 Å². The van der Waals surface area contributed by atoms with E-state index in [2.05, 4.69) is 19.1 Å². The lowest BCUT2D eigenvalue weighted by Crippen LogP contribution is -2.25. The van der Waals surface area contributed by atoms with Crippen molar-refractivity contribution in [2.45, 2.75) is 52.0 Å². The Kier molecular flexibility index (Phi) is 5.97. The van der Waals surface area contributed by atoms with Gasteiger partial charge in [0, 0.05) is 35.1 Å². The molecular formula is C29H24N4O4. The predicted molar refractivity (Wildman–Crippen MR) is 144 cm³/mol. The fraction of sp³-hybridized carbons (Fsp3) is 0.310. The van der Waals surface area contributed by atoms with E-state index < -0.39 is 22.2 Å². The number of rotatable bonds is 7. The summed E-state index contributed by atoms with van der Waals surface area (Å²) in [7, 11) is 1.38. The topological polar surface area (TPSA) is 126 Å². The van der Waals surface area contributed by atoms with Crippen LogP contribution in [-0.4, -0.2) is 9.13 Å². The van der Waals surface area contributed by atoms with E-state index in [0.717, 1.165) is 30.3 Å². The molecular weight excluding hydrogens is 468 g/mol. The minimum Gasteiger partial charge on any atom is -0.277 e. The average molecular weight is 493 g/mol. The molecule has 3 aromatic carbocycles. The molecule has 8 heteroatoms. The molecule has 0 atom stereocenters. The maximum Gasteiger partial charge on any atom is 0.261 e. The van der Waals surface area contributed by atoms with Crippen molar-refractivity contribution in [1.82, 2.24) is 9.13 Å². The molecule has 0 N–H and O–H groups in total. The van der Waals surface area contributed by atoms with E-state index in [9.17, 15) is 29.7 Å². The molecule has 8 nitrogen and oxygen atoms in total. The Morgan fingerprint density at radius 1 is 0.595 bits per heavy atom. The summed E-state index contributed by atoms with van der Waals surface area (Å²) in [6.45, 7) is 2.46. The van der Waals surface area contributed by atoms with Crippen LogP contribution in [0.4, 0.5) is 0 Å². The molecule has 0 fully saturated rings. The van der Waals surface area contributed by atoms with Crippen molar-refractivity contribution in [1.29, 1.82) is 10.5 Å². The largest absolute Gasteiger partial charge is 0.277 e. The van der Waals surface area contributed by atoms with Gasteiger partial charge in [-0.05, 0) is 30.7 Å². The molecule has 0 spiro atoms. The highest BCUT2D eigenvalue weighted by Crippen LogP contribution is 2.35. The van der Waals surface area contributed by atoms with Crippen LogP contribution in [0, 0.1) is 22.7 Å². The lowest BCUT2D eigenvalue weighted by molar-refractivity contribution is 0.547. The number of aromatic nitrogens is 2. The van der Waals surface area contributed by atoms with Crippen LogP contribution in [0.1, 0.15) is 56.6 Å². The van der Waals surface area contributed by atoms with E-state index in [1.165, 1.54) is 42.3 Å². The molecule has 0 saturated heterocycles. The maximum absolute atomic E-state index is 13.2. The molecule has 0 bridgehead atoms. The second-order valence-electron chi connectivity index (χ2n) is 9.56. The molecule has 0 aliphatic rings. The summed E-state index contributed by atoms with van der Waals surface area (Å²) in [6, 6.07) is 10.3. The molecule has 184 valence electrons. The van der Waals surface area contributed by atoms with Crippen LogP contribution in [0.5, 0.6) is 0 Å². The number of benzene rings is 3. The zero-order chi connectivity index (χ0) is 26.4. The monoisotopic (exact) mass is 492 g/mol. The Morgan fingerprint density at radius 2 is 0.973 bits per heavy atom. The van der Waals surface area contributed by atoms with Crippen molar-refractivity contribution in [3.63, 3.8) is 0 Å². The number of fused-ring (bicyclic) bond motifs is 4. The first kappa shape index (κ1) is 24.1. The number of nitrogens with zero attached hydrogens (tertiary/aromatic N) is 4. The highest BCUT2D eigenvalue weighted by molar-refractivity contribution is 6.15. The van der Waals surface area contributed by atoms with Gasteiger partial charge >= 0.3 is 0 Å². The smallest absolute Gasteiger partial charge is 0.261 e. The van der Waals surface area contributed by atoms with Crippen molar-refractivity contribution in [2.75, 3.05) is 0 Å². The summed E-state index contributed by atoms with van der Waals surface area (Å²) in [5.41, 5.74) is -1.42. The molecule has 0 radical (unpaired) electrons. The van der Waals surface area contributed by atoms with Gasteiger partial charge in [-0.15, -0.1) is 0 Å². The van der Waals surface area contributed by atoms with Crippen LogP contribution in [0.15, 0.2) is 43.4 Å². The molecule has 5 rings (SSSR count). The van der Waals surface area contributed by atoms with Crippen molar-refractivity contribution in [2.24, 2.45) is 7.05 Å². The van der Waals surface area contributed by atoms with Crippen LogP contribution < -0.4 is 22.2 Å². The summed E-state index contributed by atoms with van der Waals surface area (Å²) in [5.74, 6) is 0. The molecule has 0 amide bonds. The van der Waals surface area contributed by atoms with Gasteiger partial charge in [-0.1, -0.05) is 39.0 Å². The van der Waals surface area contributed by atoms with Crippen LogP contribution in [-0.2, 0) is 13.6 Å². The predicted octanol–water partition coefficient (Wildman–Crippen LogP) is 3.86. The van der Waals surface area contributed by atoms with E-state index in [1.54, 1.807) is 0 Å². The highest BCUT2D eigenvalue weighted by atomic mass is 16.2. The van der Waals surface area contributed by atoms with Gasteiger partial charge < -0.3 is 0 Å². The molecule has 37 heavy (non-hydrogen) atoms. The Labute approximate surface area is 210 Å². The van der Waals surface area contributed by atoms with E-state index in [1.807, 2.05) is 0 Å². The van der Waals surface area contributed by atoms with Gasteiger partial charge in [0.1, 0.15) is 12.1 Å². The minimum atomic E-state index is -0.482. The van der Waals surface area contributed by atoms with E-state index in [-0.39, 0.29) is 32.7 Å². The molecule has 0 saturated carbocycles. The number of hydrogen-bond donors (Lipinski definition) is 0. The van der Waals surface area contributed by atoms with Gasteiger partial charge in [-0.25, -0.2) is 0 Å². The molecule has 0 aliphatic heterocycles. The van der Waals surface area contributed by atoms with Crippen LogP contribution >= 0.6 is 0 Å². The summed E-state index contributed by atoms with van der Waals surface area (Å²) >= 11 is 0. The SMILES string of the molecule is CCCCCCCCn1c(=O)c2cc3c(C#N)c4cc5c(=O)n(C)c(=O)c5cc4c(C#N)c3cc2c1=O. The number of unbranched alkanes of at least 4 members (excludes halogenated alkanes) is 5. The van der Waals surface area contributed by atoms with Gasteiger partial charge in [0.25, 0.3) is 22.2 Å². The van der Waals surface area contributed by atoms with Gasteiger partial charge in [0.05, 0.1) is 32.7 Å². The normalized spacial score (nSPS) is 11.6. The molecule has 2 aromatic heterocycles. The van der Waals surface area contributed by atoms with E-state index >= 15 is 0 Å². The third kappa shape index (κ3) is 3.56. The van der Waals surface area contributed by atoms with Crippen LogP contribution in [0.3, 0.4) is 0 Å². The Balaban J connectivity index is 1.77. The first-order valence-corrected chi connectivity index (χ1v) is 12.4. The lowest BCUT2D eigenvalue weighted by atomic mass is 9.90. The van der Waals surface area contributed by atoms with E-state index in [0.29, 0.717) is 34.5 Å². The molecule has 0 unspecified atom stereocenters. The first-order valence-electron chi connectivity index (χ1n) is 12.4. The Morgan fingerprint density at radius 3 is 1.38 bits per heavy atom. The van der Waals surface area contributed by atoms with Crippen LogP contribution in [0.25, 0.3) is 43.1 Å². The average Bonchev–Trinajstić information content (AvgIpc) is 3.26. The molecule has 0 aliphatic carbocycles. The summed E-state index contributed by atoms with van der Waals surface area (Å²) in [4.78, 5) is 51.5. The zero-order valence-corrected chi connectivity index (χ0v) is 20.7. The molecule has 2 heterocycles. The fourth-order valence-electron chi connectivity index (χ4n) is 5.36. The van der Waals surface area contributed by atoms with Gasteiger partial charge in [0.2, 0.25) is 0 Å². The third-order valence-electron chi connectivity index (χ3n) is 7.37. The Hall–Kier alpha value is -4.56. The fourth-order valence-corrected chi connectivity index (χ4v) is 5.36. The third-order valence-corrected chi connectivity index (χ3v) is 7.37.